The number of nitrogens with one attached hydrogen (secondary N) is 1. The maximum Gasteiger partial charge on any atom is 0.248 e. The topological polar surface area (TPSA) is 38.3 Å². The molecule has 0 unspecified atom stereocenters. The summed E-state index contributed by atoms with van der Waals surface area (Å²) in [6.07, 6.45) is 3.10. The Morgan fingerprint density at radius 3 is 2.57 bits per heavy atom. The summed E-state index contributed by atoms with van der Waals surface area (Å²) >= 11 is 3.19. The maximum absolute atomic E-state index is 12.9. The molecule has 5 heteroatoms. The number of benzene rings is 2. The zero-order valence-electron chi connectivity index (χ0n) is 11.3. The minimum absolute atomic E-state index is 0.293. The Balaban J connectivity index is 2.01. The lowest BCUT2D eigenvalue weighted by Gasteiger charge is -2.04. The van der Waals surface area contributed by atoms with Crippen LogP contribution in [-0.2, 0) is 4.79 Å². The summed E-state index contributed by atoms with van der Waals surface area (Å²) in [5.74, 6) is 0.0959. The van der Waals surface area contributed by atoms with Crippen molar-refractivity contribution in [1.29, 1.82) is 0 Å². The lowest BCUT2D eigenvalue weighted by Crippen LogP contribution is -2.08. The van der Waals surface area contributed by atoms with Crippen molar-refractivity contribution in [3.8, 4) is 5.75 Å². The molecule has 0 bridgehead atoms. The molecule has 0 aliphatic carbocycles. The average Bonchev–Trinajstić information content (AvgIpc) is 2.48. The van der Waals surface area contributed by atoms with Gasteiger partial charge in [0.05, 0.1) is 12.8 Å². The van der Waals surface area contributed by atoms with Gasteiger partial charge < -0.3 is 10.1 Å². The van der Waals surface area contributed by atoms with Gasteiger partial charge in [0.15, 0.2) is 0 Å². The molecule has 0 fully saturated rings. The number of rotatable bonds is 4. The number of halogens is 2. The average molecular weight is 350 g/mol. The van der Waals surface area contributed by atoms with E-state index in [9.17, 15) is 9.18 Å². The second kappa shape index (κ2) is 7.04. The normalized spacial score (nSPS) is 10.6. The van der Waals surface area contributed by atoms with Crippen LogP contribution in [0.4, 0.5) is 10.1 Å². The Morgan fingerprint density at radius 2 is 1.95 bits per heavy atom. The van der Waals surface area contributed by atoms with E-state index in [1.54, 1.807) is 13.2 Å². The summed E-state index contributed by atoms with van der Waals surface area (Å²) < 4.78 is 18.5. The first-order valence-electron chi connectivity index (χ1n) is 6.16. The molecule has 0 atom stereocenters. The molecule has 0 heterocycles. The summed E-state index contributed by atoms with van der Waals surface area (Å²) in [5, 5.41) is 2.67. The van der Waals surface area contributed by atoms with Gasteiger partial charge in [-0.25, -0.2) is 4.39 Å². The Hall–Kier alpha value is -2.14. The number of hydrogen-bond acceptors (Lipinski definition) is 2. The van der Waals surface area contributed by atoms with E-state index in [1.165, 1.54) is 24.3 Å². The van der Waals surface area contributed by atoms with Crippen LogP contribution in [0.1, 0.15) is 5.56 Å². The molecule has 1 N–H and O–H groups in total. The van der Waals surface area contributed by atoms with Crippen LogP contribution in [0, 0.1) is 5.82 Å². The molecule has 108 valence electrons. The van der Waals surface area contributed by atoms with E-state index >= 15 is 0 Å². The van der Waals surface area contributed by atoms with Crippen molar-refractivity contribution < 1.29 is 13.9 Å². The summed E-state index contributed by atoms with van der Waals surface area (Å²) in [6, 6.07) is 11.4. The largest absolute Gasteiger partial charge is 0.497 e. The van der Waals surface area contributed by atoms with Crippen LogP contribution in [0.25, 0.3) is 6.08 Å². The minimum atomic E-state index is -0.367. The fraction of sp³-hybridized carbons (Fsp3) is 0.0625. The van der Waals surface area contributed by atoms with E-state index in [0.29, 0.717) is 10.2 Å². The fourth-order valence-corrected chi connectivity index (χ4v) is 2.10. The number of hydrogen-bond donors (Lipinski definition) is 1. The van der Waals surface area contributed by atoms with Crippen LogP contribution in [0.2, 0.25) is 0 Å². The van der Waals surface area contributed by atoms with E-state index in [4.69, 9.17) is 4.74 Å². The quantitative estimate of drug-likeness (QED) is 0.838. The first-order chi connectivity index (χ1) is 10.1. The molecule has 21 heavy (non-hydrogen) atoms. The molecular weight excluding hydrogens is 337 g/mol. The molecule has 2 aromatic carbocycles. The van der Waals surface area contributed by atoms with Crippen LogP contribution in [-0.4, -0.2) is 13.0 Å². The lowest BCUT2D eigenvalue weighted by atomic mass is 10.2. The number of amides is 1. The number of carbonyl (C=O) groups excluding carboxylic acids is 1. The molecule has 0 saturated carbocycles. The van der Waals surface area contributed by atoms with Crippen molar-refractivity contribution in [2.24, 2.45) is 0 Å². The van der Waals surface area contributed by atoms with Gasteiger partial charge in [-0.2, -0.15) is 0 Å². The van der Waals surface area contributed by atoms with Crippen LogP contribution in [0.3, 0.4) is 0 Å². The Bertz CT molecular complexity index is 668. The molecule has 0 saturated heterocycles. The van der Waals surface area contributed by atoms with Gasteiger partial charge in [0.2, 0.25) is 5.91 Å². The zero-order valence-corrected chi connectivity index (χ0v) is 12.9. The second-order valence-corrected chi connectivity index (χ2v) is 5.07. The molecule has 2 aromatic rings. The third kappa shape index (κ3) is 4.43. The molecule has 0 aliphatic heterocycles. The van der Waals surface area contributed by atoms with E-state index in [2.05, 4.69) is 21.2 Å². The van der Waals surface area contributed by atoms with E-state index in [0.717, 1.165) is 11.3 Å². The standard InChI is InChI=1S/C16H13BrFNO2/c1-21-13-6-2-11(3-7-13)4-9-16(20)19-15-8-5-12(18)10-14(15)17/h2-10H,1H3,(H,19,20)/b9-4+. The Morgan fingerprint density at radius 1 is 1.24 bits per heavy atom. The fourth-order valence-electron chi connectivity index (χ4n) is 1.65. The lowest BCUT2D eigenvalue weighted by molar-refractivity contribution is -0.111. The van der Waals surface area contributed by atoms with Gasteiger partial charge >= 0.3 is 0 Å². The van der Waals surface area contributed by atoms with E-state index in [1.807, 2.05) is 24.3 Å². The number of ether oxygens (including phenoxy) is 1. The summed E-state index contributed by atoms with van der Waals surface area (Å²) in [5.41, 5.74) is 1.39. The van der Waals surface area contributed by atoms with Crippen LogP contribution in [0.5, 0.6) is 5.75 Å². The van der Waals surface area contributed by atoms with Gasteiger partial charge in [-0.1, -0.05) is 12.1 Å². The second-order valence-electron chi connectivity index (χ2n) is 4.22. The van der Waals surface area contributed by atoms with Crippen molar-refractivity contribution in [2.75, 3.05) is 12.4 Å². The summed E-state index contributed by atoms with van der Waals surface area (Å²) in [7, 11) is 1.60. The Kier molecular flexibility index (Phi) is 5.11. The third-order valence-corrected chi connectivity index (χ3v) is 3.39. The number of anilines is 1. The highest BCUT2D eigenvalue weighted by Crippen LogP contribution is 2.23. The SMILES string of the molecule is COc1ccc(/C=C/C(=O)Nc2ccc(F)cc2Br)cc1. The van der Waals surface area contributed by atoms with E-state index in [-0.39, 0.29) is 11.7 Å². The first-order valence-corrected chi connectivity index (χ1v) is 6.96. The van der Waals surface area contributed by atoms with Gasteiger partial charge in [-0.3, -0.25) is 4.79 Å². The van der Waals surface area contributed by atoms with E-state index < -0.39 is 0 Å². The molecule has 0 radical (unpaired) electrons. The highest BCUT2D eigenvalue weighted by atomic mass is 79.9. The molecule has 0 spiro atoms. The highest BCUT2D eigenvalue weighted by Gasteiger charge is 2.03. The predicted octanol–water partition coefficient (Wildman–Crippen LogP) is 4.25. The van der Waals surface area contributed by atoms with Crippen molar-refractivity contribution in [3.05, 3.63) is 64.4 Å². The van der Waals surface area contributed by atoms with Gasteiger partial charge in [0, 0.05) is 10.5 Å². The van der Waals surface area contributed by atoms with Gasteiger partial charge in [0.1, 0.15) is 11.6 Å². The summed E-state index contributed by atoms with van der Waals surface area (Å²) in [6.45, 7) is 0. The van der Waals surface area contributed by atoms with Crippen molar-refractivity contribution in [3.63, 3.8) is 0 Å². The van der Waals surface area contributed by atoms with Crippen LogP contribution in [0.15, 0.2) is 53.0 Å². The van der Waals surface area contributed by atoms with Crippen molar-refractivity contribution in [1.82, 2.24) is 0 Å². The molecule has 0 aliphatic rings. The van der Waals surface area contributed by atoms with Crippen LogP contribution < -0.4 is 10.1 Å². The third-order valence-electron chi connectivity index (χ3n) is 2.73. The minimum Gasteiger partial charge on any atom is -0.497 e. The smallest absolute Gasteiger partial charge is 0.248 e. The van der Waals surface area contributed by atoms with Crippen LogP contribution >= 0.6 is 15.9 Å². The maximum atomic E-state index is 12.9. The number of carbonyl (C=O) groups is 1. The zero-order chi connectivity index (χ0) is 15.2. The molecule has 1 amide bonds. The number of methoxy groups -OCH3 is 1. The van der Waals surface area contributed by atoms with Crippen molar-refractivity contribution >= 4 is 33.6 Å². The molecule has 3 nitrogen and oxygen atoms in total. The molecule has 0 aromatic heterocycles. The molecular formula is C16H13BrFNO2. The Labute approximate surface area is 130 Å². The predicted molar refractivity (Wildman–Crippen MR) is 84.8 cm³/mol. The highest BCUT2D eigenvalue weighted by molar-refractivity contribution is 9.10. The first kappa shape index (κ1) is 15.3. The van der Waals surface area contributed by atoms with Gasteiger partial charge in [-0.15, -0.1) is 0 Å². The monoisotopic (exact) mass is 349 g/mol. The van der Waals surface area contributed by atoms with Crippen molar-refractivity contribution in [2.45, 2.75) is 0 Å². The summed E-state index contributed by atoms with van der Waals surface area (Å²) in [4.78, 5) is 11.8. The van der Waals surface area contributed by atoms with Gasteiger partial charge in [-0.05, 0) is 57.9 Å². The van der Waals surface area contributed by atoms with Gasteiger partial charge in [0.25, 0.3) is 0 Å². The molecule has 2 rings (SSSR count).